The normalized spacial score (nSPS) is 19.5. The van der Waals surface area contributed by atoms with Crippen LogP contribution in [0.1, 0.15) is 84.6 Å². The van der Waals surface area contributed by atoms with Crippen LogP contribution in [0, 0.1) is 0 Å². The smallest absolute Gasteiger partial charge is 0.374 e. The van der Waals surface area contributed by atoms with E-state index >= 15 is 0 Å². The van der Waals surface area contributed by atoms with E-state index in [1.165, 1.54) is 11.2 Å². The minimum absolute atomic E-state index is 0.0486. The number of ether oxygens (including phenoxy) is 1. The molecule has 9 nitrogen and oxygen atoms in total. The number of rotatable bonds is 7. The third-order valence-electron chi connectivity index (χ3n) is 6.38. The van der Waals surface area contributed by atoms with Crippen LogP contribution < -0.4 is 0 Å². The van der Waals surface area contributed by atoms with Crippen molar-refractivity contribution in [1.82, 2.24) is 9.96 Å². The zero-order valence-electron chi connectivity index (χ0n) is 20.4. The third kappa shape index (κ3) is 5.00. The molecule has 4 rings (SSSR count). The van der Waals surface area contributed by atoms with Crippen molar-refractivity contribution in [2.45, 2.75) is 70.6 Å². The van der Waals surface area contributed by atoms with Gasteiger partial charge in [-0.15, -0.1) is 5.06 Å². The number of hydrogen-bond donors (Lipinski definition) is 0. The van der Waals surface area contributed by atoms with E-state index in [-0.39, 0.29) is 36.6 Å². The standard InChI is InChI=1S/C26H30N2O7/c1-25(2)15-17(34-24(32)20-11-8-14-33-20)16-26(3,4)28(25)35-21(29)12-7-13-27-22(30)18-9-5-6-10-19(18)23(27)31/h5-6,8-11,14,17H,7,12-13,15-16H2,1-4H3. The maximum atomic E-state index is 12.7. The van der Waals surface area contributed by atoms with Crippen LogP contribution in [0.2, 0.25) is 0 Å². The highest BCUT2D eigenvalue weighted by atomic mass is 16.7. The lowest BCUT2D eigenvalue weighted by Crippen LogP contribution is -2.62. The van der Waals surface area contributed by atoms with Gasteiger partial charge >= 0.3 is 11.9 Å². The van der Waals surface area contributed by atoms with Gasteiger partial charge in [-0.05, 0) is 58.4 Å². The number of hydroxylamine groups is 2. The average Bonchev–Trinajstić information content (AvgIpc) is 3.40. The lowest BCUT2D eigenvalue weighted by atomic mass is 9.80. The summed E-state index contributed by atoms with van der Waals surface area (Å²) in [6.45, 7) is 7.84. The maximum absolute atomic E-state index is 12.7. The Balaban J connectivity index is 1.31. The van der Waals surface area contributed by atoms with Gasteiger partial charge in [-0.2, -0.15) is 0 Å². The van der Waals surface area contributed by atoms with Gasteiger partial charge in [0.25, 0.3) is 11.8 Å². The van der Waals surface area contributed by atoms with Crippen molar-refractivity contribution in [1.29, 1.82) is 0 Å². The number of piperidine rings is 1. The monoisotopic (exact) mass is 482 g/mol. The van der Waals surface area contributed by atoms with Gasteiger partial charge in [0.2, 0.25) is 5.76 Å². The Labute approximate surface area is 203 Å². The lowest BCUT2D eigenvalue weighted by molar-refractivity contribution is -0.276. The van der Waals surface area contributed by atoms with Crippen LogP contribution in [0.5, 0.6) is 0 Å². The van der Waals surface area contributed by atoms with Gasteiger partial charge in [0.1, 0.15) is 6.10 Å². The highest BCUT2D eigenvalue weighted by Crippen LogP contribution is 2.40. The van der Waals surface area contributed by atoms with Gasteiger partial charge in [0.05, 0.1) is 28.5 Å². The summed E-state index contributed by atoms with van der Waals surface area (Å²) in [6.07, 6.45) is 2.31. The molecular formula is C26H30N2O7. The molecule has 1 aromatic heterocycles. The van der Waals surface area contributed by atoms with E-state index in [1.807, 2.05) is 27.7 Å². The van der Waals surface area contributed by atoms with E-state index < -0.39 is 23.0 Å². The highest BCUT2D eigenvalue weighted by Gasteiger charge is 2.49. The molecule has 35 heavy (non-hydrogen) atoms. The molecule has 0 atom stereocenters. The van der Waals surface area contributed by atoms with Crippen molar-refractivity contribution in [3.05, 3.63) is 59.5 Å². The van der Waals surface area contributed by atoms with Gasteiger partial charge in [0.15, 0.2) is 0 Å². The Kier molecular flexibility index (Phi) is 6.55. The van der Waals surface area contributed by atoms with Crippen molar-refractivity contribution in [2.75, 3.05) is 6.54 Å². The minimum atomic E-state index is -0.603. The first kappa shape index (κ1) is 24.7. The molecule has 1 aromatic carbocycles. The predicted molar refractivity (Wildman–Crippen MR) is 124 cm³/mol. The Bertz CT molecular complexity index is 1080. The van der Waals surface area contributed by atoms with E-state index in [0.717, 1.165) is 0 Å². The van der Waals surface area contributed by atoms with Crippen LogP contribution in [0.3, 0.4) is 0 Å². The summed E-state index contributed by atoms with van der Waals surface area (Å²) in [5.41, 5.74) is -0.430. The quantitative estimate of drug-likeness (QED) is 0.431. The largest absolute Gasteiger partial charge is 0.457 e. The summed E-state index contributed by atoms with van der Waals surface area (Å²) >= 11 is 0. The number of esters is 1. The molecule has 0 radical (unpaired) electrons. The van der Waals surface area contributed by atoms with E-state index in [2.05, 4.69) is 0 Å². The molecule has 3 heterocycles. The van der Waals surface area contributed by atoms with Gasteiger partial charge in [0, 0.05) is 25.8 Å². The van der Waals surface area contributed by atoms with Gasteiger partial charge in [-0.3, -0.25) is 19.3 Å². The molecule has 1 saturated heterocycles. The molecule has 2 aromatic rings. The molecule has 0 aliphatic carbocycles. The van der Waals surface area contributed by atoms with Crippen LogP contribution >= 0.6 is 0 Å². The SMILES string of the molecule is CC1(C)CC(OC(=O)c2ccco2)CC(C)(C)N1OC(=O)CCCN1C(=O)c2ccccc2C1=O. The van der Waals surface area contributed by atoms with Crippen LogP contribution in [-0.2, 0) is 14.4 Å². The van der Waals surface area contributed by atoms with E-state index in [4.69, 9.17) is 14.0 Å². The second-order valence-electron chi connectivity index (χ2n) is 10.2. The molecule has 2 amide bonds. The number of hydrogen-bond acceptors (Lipinski definition) is 8. The van der Waals surface area contributed by atoms with E-state index in [1.54, 1.807) is 41.5 Å². The fourth-order valence-electron chi connectivity index (χ4n) is 5.08. The van der Waals surface area contributed by atoms with Gasteiger partial charge in [-0.25, -0.2) is 4.79 Å². The van der Waals surface area contributed by atoms with Crippen molar-refractivity contribution in [3.8, 4) is 0 Å². The summed E-state index contributed by atoms with van der Waals surface area (Å²) in [5.74, 6) is -1.51. The van der Waals surface area contributed by atoms with Crippen LogP contribution in [0.15, 0.2) is 47.1 Å². The Morgan fingerprint density at radius 2 is 1.57 bits per heavy atom. The zero-order chi connectivity index (χ0) is 25.4. The van der Waals surface area contributed by atoms with E-state index in [9.17, 15) is 19.2 Å². The number of fused-ring (bicyclic) bond motifs is 1. The van der Waals surface area contributed by atoms with Crippen molar-refractivity contribution in [3.63, 3.8) is 0 Å². The molecular weight excluding hydrogens is 452 g/mol. The average molecular weight is 483 g/mol. The molecule has 0 saturated carbocycles. The molecule has 186 valence electrons. The maximum Gasteiger partial charge on any atom is 0.374 e. The fraction of sp³-hybridized carbons (Fsp3) is 0.462. The first-order chi connectivity index (χ1) is 16.5. The summed E-state index contributed by atoms with van der Waals surface area (Å²) in [7, 11) is 0. The Hall–Kier alpha value is -3.46. The minimum Gasteiger partial charge on any atom is -0.457 e. The molecule has 0 unspecified atom stereocenters. The Morgan fingerprint density at radius 3 is 2.11 bits per heavy atom. The summed E-state index contributed by atoms with van der Waals surface area (Å²) < 4.78 is 10.8. The molecule has 2 aliphatic heterocycles. The number of amides is 2. The number of nitrogens with zero attached hydrogens (tertiary/aromatic N) is 2. The fourth-order valence-corrected chi connectivity index (χ4v) is 5.08. The lowest BCUT2D eigenvalue weighted by Gasteiger charge is -2.52. The first-order valence-corrected chi connectivity index (χ1v) is 11.7. The van der Waals surface area contributed by atoms with E-state index in [0.29, 0.717) is 30.4 Å². The third-order valence-corrected chi connectivity index (χ3v) is 6.38. The Morgan fingerprint density at radius 1 is 0.971 bits per heavy atom. The van der Waals surface area contributed by atoms with Crippen molar-refractivity contribution < 1.29 is 33.2 Å². The molecule has 1 fully saturated rings. The number of benzene rings is 1. The zero-order valence-corrected chi connectivity index (χ0v) is 20.4. The topological polar surface area (TPSA) is 106 Å². The number of carbonyl (C=O) groups excluding carboxylic acids is 4. The van der Waals surface area contributed by atoms with Crippen LogP contribution in [-0.4, -0.2) is 57.4 Å². The van der Waals surface area contributed by atoms with Gasteiger partial charge in [-0.1, -0.05) is 12.1 Å². The van der Waals surface area contributed by atoms with Crippen molar-refractivity contribution in [2.24, 2.45) is 0 Å². The number of carbonyl (C=O) groups is 4. The second kappa shape index (κ2) is 9.30. The highest BCUT2D eigenvalue weighted by molar-refractivity contribution is 6.21. The number of imide groups is 1. The van der Waals surface area contributed by atoms with Crippen LogP contribution in [0.25, 0.3) is 0 Å². The first-order valence-electron chi connectivity index (χ1n) is 11.7. The molecule has 9 heteroatoms. The van der Waals surface area contributed by atoms with Crippen molar-refractivity contribution >= 4 is 23.8 Å². The predicted octanol–water partition coefficient (Wildman–Crippen LogP) is 3.99. The molecule has 0 spiro atoms. The summed E-state index contributed by atoms with van der Waals surface area (Å²) in [6, 6.07) is 9.87. The summed E-state index contributed by atoms with van der Waals surface area (Å²) in [5, 5.41) is 1.67. The van der Waals surface area contributed by atoms with Crippen LogP contribution in [0.4, 0.5) is 0 Å². The molecule has 0 N–H and O–H groups in total. The molecule has 2 aliphatic rings. The second-order valence-corrected chi connectivity index (χ2v) is 10.2. The molecule has 0 bridgehead atoms. The van der Waals surface area contributed by atoms with Gasteiger partial charge < -0.3 is 14.0 Å². The number of furan rings is 1. The summed E-state index contributed by atoms with van der Waals surface area (Å²) in [4.78, 5) is 57.0.